The fourth-order valence-electron chi connectivity index (χ4n) is 8.63. The number of esters is 1. The number of carbonyl (C=O) groups excluding carboxylic acids is 2. The molecule has 63 heavy (non-hydrogen) atoms. The van der Waals surface area contributed by atoms with Crippen LogP contribution >= 0.6 is 0 Å². The van der Waals surface area contributed by atoms with Crippen molar-refractivity contribution in [2.75, 3.05) is 13.2 Å². The molecule has 6 heteroatoms. The van der Waals surface area contributed by atoms with Crippen LogP contribution in [0, 0.1) is 0 Å². The van der Waals surface area contributed by atoms with E-state index in [2.05, 4.69) is 43.5 Å². The summed E-state index contributed by atoms with van der Waals surface area (Å²) in [5.74, 6) is -0.0852. The van der Waals surface area contributed by atoms with E-state index in [4.69, 9.17) is 4.74 Å². The van der Waals surface area contributed by atoms with Crippen LogP contribution in [-0.2, 0) is 14.3 Å². The minimum Gasteiger partial charge on any atom is -0.466 e. The first-order valence-electron chi connectivity index (χ1n) is 28.1. The number of hydrogen-bond donors (Lipinski definition) is 3. The standard InChI is InChI=1S/C57H109NO5/c1-3-5-7-9-11-13-15-17-18-19-20-21-22-23-24-26-29-33-37-41-45-49-55(60)54(53-59)58-56(61)50-46-42-38-34-30-27-25-28-32-36-40-44-48-52-63-57(62)51-47-43-39-35-31-16-14-12-10-8-6-4-2/h12,14,27,30,54-55,59-60H,3-11,13,15-26,28-29,31-53H2,1-2H3,(H,58,61)/b14-12-,30-27-. The van der Waals surface area contributed by atoms with Gasteiger partial charge in [-0.2, -0.15) is 0 Å². The molecule has 0 aliphatic carbocycles. The zero-order chi connectivity index (χ0) is 45.8. The molecule has 0 radical (unpaired) electrons. The van der Waals surface area contributed by atoms with Gasteiger partial charge < -0.3 is 20.3 Å². The third kappa shape index (κ3) is 49.6. The Labute approximate surface area is 392 Å². The fourth-order valence-corrected chi connectivity index (χ4v) is 8.63. The number of amides is 1. The summed E-state index contributed by atoms with van der Waals surface area (Å²) in [4.78, 5) is 24.5. The highest BCUT2D eigenvalue weighted by Crippen LogP contribution is 2.17. The Morgan fingerprint density at radius 1 is 0.429 bits per heavy atom. The zero-order valence-corrected chi connectivity index (χ0v) is 42.3. The largest absolute Gasteiger partial charge is 0.466 e. The summed E-state index contributed by atoms with van der Waals surface area (Å²) in [6, 6.07) is -0.562. The summed E-state index contributed by atoms with van der Waals surface area (Å²) in [6.07, 6.45) is 63.0. The van der Waals surface area contributed by atoms with Crippen molar-refractivity contribution in [2.24, 2.45) is 0 Å². The molecule has 2 unspecified atom stereocenters. The lowest BCUT2D eigenvalue weighted by Crippen LogP contribution is -2.45. The lowest BCUT2D eigenvalue weighted by Gasteiger charge is -2.22. The topological polar surface area (TPSA) is 95.9 Å². The lowest BCUT2D eigenvalue weighted by molar-refractivity contribution is -0.143. The monoisotopic (exact) mass is 888 g/mol. The predicted molar refractivity (Wildman–Crippen MR) is 273 cm³/mol. The first-order chi connectivity index (χ1) is 31.0. The quantitative estimate of drug-likeness (QED) is 0.0321. The van der Waals surface area contributed by atoms with Gasteiger partial charge in [-0.1, -0.05) is 237 Å². The normalized spacial score (nSPS) is 12.8. The molecule has 6 nitrogen and oxygen atoms in total. The first-order valence-corrected chi connectivity index (χ1v) is 28.1. The summed E-state index contributed by atoms with van der Waals surface area (Å²) in [5.41, 5.74) is 0. The summed E-state index contributed by atoms with van der Waals surface area (Å²) < 4.78 is 5.44. The fraction of sp³-hybridized carbons (Fsp3) is 0.895. The Hall–Kier alpha value is -1.66. The van der Waals surface area contributed by atoms with Crippen LogP contribution in [0.15, 0.2) is 24.3 Å². The Kier molecular flexibility index (Phi) is 51.6. The summed E-state index contributed by atoms with van der Waals surface area (Å²) in [5, 5.41) is 23.3. The molecule has 0 rings (SSSR count). The molecule has 0 aromatic heterocycles. The number of hydrogen-bond acceptors (Lipinski definition) is 5. The van der Waals surface area contributed by atoms with Gasteiger partial charge in [0.2, 0.25) is 5.91 Å². The third-order valence-corrected chi connectivity index (χ3v) is 13.0. The molecule has 0 aromatic rings. The van der Waals surface area contributed by atoms with Crippen molar-refractivity contribution in [3.8, 4) is 0 Å². The number of aliphatic hydroxyl groups is 2. The second-order valence-electron chi connectivity index (χ2n) is 19.3. The van der Waals surface area contributed by atoms with Gasteiger partial charge in [-0.05, 0) is 77.0 Å². The van der Waals surface area contributed by atoms with Gasteiger partial charge >= 0.3 is 5.97 Å². The van der Waals surface area contributed by atoms with Gasteiger partial charge in [0.25, 0.3) is 0 Å². The van der Waals surface area contributed by atoms with E-state index in [1.165, 1.54) is 199 Å². The molecule has 2 atom stereocenters. The van der Waals surface area contributed by atoms with Crippen LogP contribution < -0.4 is 5.32 Å². The Morgan fingerprint density at radius 2 is 0.746 bits per heavy atom. The maximum Gasteiger partial charge on any atom is 0.305 e. The Balaban J connectivity index is 3.50. The van der Waals surface area contributed by atoms with Crippen LogP contribution in [-0.4, -0.2) is 47.4 Å². The number of carbonyl (C=O) groups is 2. The van der Waals surface area contributed by atoms with Crippen molar-refractivity contribution in [2.45, 2.75) is 315 Å². The van der Waals surface area contributed by atoms with E-state index in [0.29, 0.717) is 25.9 Å². The van der Waals surface area contributed by atoms with Crippen LogP contribution in [0.1, 0.15) is 303 Å². The lowest BCUT2D eigenvalue weighted by atomic mass is 10.0. The van der Waals surface area contributed by atoms with E-state index in [-0.39, 0.29) is 18.5 Å². The van der Waals surface area contributed by atoms with Crippen molar-refractivity contribution in [1.82, 2.24) is 5.32 Å². The molecule has 0 aliphatic rings. The van der Waals surface area contributed by atoms with Gasteiger partial charge in [-0.15, -0.1) is 0 Å². The van der Waals surface area contributed by atoms with E-state index in [0.717, 1.165) is 70.6 Å². The molecule has 0 bridgehead atoms. The van der Waals surface area contributed by atoms with E-state index >= 15 is 0 Å². The van der Waals surface area contributed by atoms with E-state index in [1.807, 2.05) is 0 Å². The van der Waals surface area contributed by atoms with Gasteiger partial charge in [0.05, 0.1) is 25.4 Å². The zero-order valence-electron chi connectivity index (χ0n) is 42.3. The van der Waals surface area contributed by atoms with Crippen LogP contribution in [0.3, 0.4) is 0 Å². The molecular formula is C57H109NO5. The molecule has 0 saturated heterocycles. The van der Waals surface area contributed by atoms with Gasteiger partial charge in [0.1, 0.15) is 0 Å². The molecule has 0 heterocycles. The van der Waals surface area contributed by atoms with Crippen molar-refractivity contribution >= 4 is 11.9 Å². The molecule has 0 aliphatic heterocycles. The highest BCUT2D eigenvalue weighted by molar-refractivity contribution is 5.76. The number of allylic oxidation sites excluding steroid dienone is 4. The molecule has 0 saturated carbocycles. The third-order valence-electron chi connectivity index (χ3n) is 13.0. The number of unbranched alkanes of at least 4 members (excludes halogenated alkanes) is 37. The Morgan fingerprint density at radius 3 is 1.17 bits per heavy atom. The van der Waals surface area contributed by atoms with Gasteiger partial charge in [0.15, 0.2) is 0 Å². The molecule has 0 aromatic carbocycles. The van der Waals surface area contributed by atoms with Gasteiger partial charge in [0, 0.05) is 12.8 Å². The first kappa shape index (κ1) is 61.3. The molecular weight excluding hydrogens is 779 g/mol. The van der Waals surface area contributed by atoms with Crippen molar-refractivity contribution in [1.29, 1.82) is 0 Å². The minimum absolute atomic E-state index is 0.0222. The molecule has 0 fully saturated rings. The van der Waals surface area contributed by atoms with Crippen molar-refractivity contribution in [3.63, 3.8) is 0 Å². The molecule has 3 N–H and O–H groups in total. The molecule has 372 valence electrons. The minimum atomic E-state index is -0.682. The SMILES string of the molecule is CCCCC/C=C\CCCCCCCC(=O)OCCCCCCCC/C=C\CCCCCC(=O)NC(CO)C(O)CCCCCCCCCCCCCCCCCCCCCCC. The average Bonchev–Trinajstić information content (AvgIpc) is 3.28. The van der Waals surface area contributed by atoms with Crippen LogP contribution in [0.5, 0.6) is 0 Å². The van der Waals surface area contributed by atoms with E-state index in [1.54, 1.807) is 0 Å². The number of nitrogens with one attached hydrogen (secondary N) is 1. The summed E-state index contributed by atoms with van der Waals surface area (Å²) in [7, 11) is 0. The van der Waals surface area contributed by atoms with Crippen molar-refractivity contribution in [3.05, 3.63) is 24.3 Å². The van der Waals surface area contributed by atoms with Gasteiger partial charge in [-0.3, -0.25) is 9.59 Å². The second-order valence-corrected chi connectivity index (χ2v) is 19.3. The predicted octanol–water partition coefficient (Wildman–Crippen LogP) is 17.1. The van der Waals surface area contributed by atoms with Crippen LogP contribution in [0.2, 0.25) is 0 Å². The highest BCUT2D eigenvalue weighted by Gasteiger charge is 2.20. The maximum atomic E-state index is 12.5. The number of rotatable bonds is 52. The molecule has 0 spiro atoms. The number of aliphatic hydroxyl groups excluding tert-OH is 2. The Bertz CT molecular complexity index is 982. The molecule has 1 amide bonds. The summed E-state index contributed by atoms with van der Waals surface area (Å²) in [6.45, 7) is 4.90. The van der Waals surface area contributed by atoms with Crippen molar-refractivity contribution < 1.29 is 24.5 Å². The average molecular weight is 889 g/mol. The number of ether oxygens (including phenoxy) is 1. The van der Waals surface area contributed by atoms with Gasteiger partial charge in [-0.25, -0.2) is 0 Å². The van der Waals surface area contributed by atoms with Crippen LogP contribution in [0.4, 0.5) is 0 Å². The maximum absolute atomic E-state index is 12.5. The van der Waals surface area contributed by atoms with E-state index < -0.39 is 12.1 Å². The smallest absolute Gasteiger partial charge is 0.305 e. The van der Waals surface area contributed by atoms with E-state index in [9.17, 15) is 19.8 Å². The highest BCUT2D eigenvalue weighted by atomic mass is 16.5. The van der Waals surface area contributed by atoms with Crippen LogP contribution in [0.25, 0.3) is 0 Å². The summed E-state index contributed by atoms with van der Waals surface area (Å²) >= 11 is 0. The second kappa shape index (κ2) is 53.0.